The topological polar surface area (TPSA) is 45.7 Å². The number of thiazole rings is 1. The summed E-state index contributed by atoms with van der Waals surface area (Å²) in [7, 11) is 0. The molecule has 3 aromatic rings. The molecule has 0 N–H and O–H groups in total. The molecule has 0 aliphatic rings. The van der Waals surface area contributed by atoms with E-state index in [0.717, 1.165) is 30.1 Å². The van der Waals surface area contributed by atoms with E-state index in [1.54, 1.807) is 11.0 Å². The van der Waals surface area contributed by atoms with Gasteiger partial charge in [0, 0.05) is 13.1 Å². The minimum Gasteiger partial charge on any atom is -0.493 e. The SMILES string of the molecule is CCN(CC)CCN(C(=O)CCOc1ccccc1)c1nc2c(F)cccc2s1. The maximum Gasteiger partial charge on any atom is 0.232 e. The van der Waals surface area contributed by atoms with Gasteiger partial charge >= 0.3 is 0 Å². The number of benzene rings is 2. The summed E-state index contributed by atoms with van der Waals surface area (Å²) in [5.41, 5.74) is 0.314. The molecule has 0 unspecified atom stereocenters. The molecule has 0 bridgehead atoms. The van der Waals surface area contributed by atoms with Crippen LogP contribution in [-0.2, 0) is 4.79 Å². The second-order valence-corrected chi connectivity index (χ2v) is 7.58. The molecule has 1 heterocycles. The van der Waals surface area contributed by atoms with Gasteiger partial charge in [0.15, 0.2) is 5.13 Å². The molecule has 0 saturated carbocycles. The number of anilines is 1. The van der Waals surface area contributed by atoms with E-state index in [4.69, 9.17) is 4.74 Å². The number of hydrogen-bond acceptors (Lipinski definition) is 5. The Morgan fingerprint density at radius 3 is 2.52 bits per heavy atom. The van der Waals surface area contributed by atoms with Gasteiger partial charge in [0.1, 0.15) is 17.1 Å². The number of amides is 1. The van der Waals surface area contributed by atoms with E-state index in [9.17, 15) is 9.18 Å². The van der Waals surface area contributed by atoms with Crippen molar-refractivity contribution in [3.8, 4) is 5.75 Å². The van der Waals surface area contributed by atoms with Crippen LogP contribution in [0.2, 0.25) is 0 Å². The molecule has 7 heteroatoms. The van der Waals surface area contributed by atoms with E-state index in [0.29, 0.717) is 17.2 Å². The second kappa shape index (κ2) is 10.3. The van der Waals surface area contributed by atoms with Crippen LogP contribution in [0.15, 0.2) is 48.5 Å². The Bertz CT molecular complexity index is 928. The van der Waals surface area contributed by atoms with Crippen molar-refractivity contribution in [1.82, 2.24) is 9.88 Å². The first-order valence-corrected chi connectivity index (χ1v) is 10.7. The predicted molar refractivity (Wildman–Crippen MR) is 116 cm³/mol. The highest BCUT2D eigenvalue weighted by Crippen LogP contribution is 2.30. The quantitative estimate of drug-likeness (QED) is 0.486. The predicted octanol–water partition coefficient (Wildman–Crippen LogP) is 4.58. The molecule has 0 saturated heterocycles. The minimum absolute atomic E-state index is 0.0763. The third kappa shape index (κ3) is 5.52. The standard InChI is InChI=1S/C22H26FN3O2S/c1-3-25(4-2)14-15-26(20(27)13-16-28-17-9-6-5-7-10-17)22-24-21-18(23)11-8-12-19(21)29-22/h5-12H,3-4,13-16H2,1-2H3. The average molecular weight is 416 g/mol. The van der Waals surface area contributed by atoms with Crippen molar-refractivity contribution in [2.24, 2.45) is 0 Å². The first-order valence-electron chi connectivity index (χ1n) is 9.88. The van der Waals surface area contributed by atoms with Crippen LogP contribution in [0.1, 0.15) is 20.3 Å². The highest BCUT2D eigenvalue weighted by Gasteiger charge is 2.21. The third-order valence-electron chi connectivity index (χ3n) is 4.75. The fourth-order valence-electron chi connectivity index (χ4n) is 3.03. The smallest absolute Gasteiger partial charge is 0.232 e. The highest BCUT2D eigenvalue weighted by atomic mass is 32.1. The number of rotatable bonds is 10. The van der Waals surface area contributed by atoms with Crippen LogP contribution < -0.4 is 9.64 Å². The summed E-state index contributed by atoms with van der Waals surface area (Å²) in [5, 5.41) is 0.530. The summed E-state index contributed by atoms with van der Waals surface area (Å²) >= 11 is 1.34. The molecule has 1 amide bonds. The van der Waals surface area contributed by atoms with Gasteiger partial charge in [0.05, 0.1) is 17.7 Å². The number of carbonyl (C=O) groups excluding carboxylic acids is 1. The van der Waals surface area contributed by atoms with Crippen LogP contribution in [-0.4, -0.2) is 48.6 Å². The Morgan fingerprint density at radius 2 is 1.83 bits per heavy atom. The Morgan fingerprint density at radius 1 is 1.07 bits per heavy atom. The minimum atomic E-state index is -0.367. The Balaban J connectivity index is 1.74. The fraction of sp³-hybridized carbons (Fsp3) is 0.364. The van der Waals surface area contributed by atoms with Crippen molar-refractivity contribution in [3.63, 3.8) is 0 Å². The van der Waals surface area contributed by atoms with Gasteiger partial charge in [-0.1, -0.05) is 49.4 Å². The van der Waals surface area contributed by atoms with E-state index >= 15 is 0 Å². The highest BCUT2D eigenvalue weighted by molar-refractivity contribution is 7.22. The van der Waals surface area contributed by atoms with Crippen molar-refractivity contribution in [1.29, 1.82) is 0 Å². The Labute approximate surface area is 174 Å². The molecule has 0 spiro atoms. The molecule has 0 radical (unpaired) electrons. The molecular weight excluding hydrogens is 389 g/mol. The lowest BCUT2D eigenvalue weighted by Crippen LogP contribution is -2.39. The van der Waals surface area contributed by atoms with Gasteiger partial charge in [-0.2, -0.15) is 0 Å². The van der Waals surface area contributed by atoms with E-state index in [1.165, 1.54) is 17.4 Å². The number of halogens is 1. The van der Waals surface area contributed by atoms with Crippen LogP contribution in [0.3, 0.4) is 0 Å². The second-order valence-electron chi connectivity index (χ2n) is 6.57. The molecule has 154 valence electrons. The molecule has 29 heavy (non-hydrogen) atoms. The van der Waals surface area contributed by atoms with Crippen molar-refractivity contribution in [2.45, 2.75) is 20.3 Å². The maximum atomic E-state index is 14.1. The molecular formula is C22H26FN3O2S. The maximum absolute atomic E-state index is 14.1. The zero-order chi connectivity index (χ0) is 20.6. The van der Waals surface area contributed by atoms with E-state index in [2.05, 4.69) is 23.7 Å². The largest absolute Gasteiger partial charge is 0.493 e. The molecule has 5 nitrogen and oxygen atoms in total. The zero-order valence-corrected chi connectivity index (χ0v) is 17.6. The van der Waals surface area contributed by atoms with Gasteiger partial charge in [-0.15, -0.1) is 0 Å². The van der Waals surface area contributed by atoms with E-state index < -0.39 is 0 Å². The number of hydrogen-bond donors (Lipinski definition) is 0. The van der Waals surface area contributed by atoms with Crippen LogP contribution >= 0.6 is 11.3 Å². The van der Waals surface area contributed by atoms with E-state index in [-0.39, 0.29) is 24.8 Å². The van der Waals surface area contributed by atoms with Crippen LogP contribution in [0, 0.1) is 5.82 Å². The van der Waals surface area contributed by atoms with Gasteiger partial charge in [0.2, 0.25) is 5.91 Å². The summed E-state index contributed by atoms with van der Waals surface area (Å²) in [4.78, 5) is 21.3. The molecule has 0 aliphatic carbocycles. The monoisotopic (exact) mass is 415 g/mol. The molecule has 0 fully saturated rings. The van der Waals surface area contributed by atoms with Gasteiger partial charge in [-0.05, 0) is 37.4 Å². The Hall–Kier alpha value is -2.51. The van der Waals surface area contributed by atoms with Gasteiger partial charge in [-0.3, -0.25) is 9.69 Å². The van der Waals surface area contributed by atoms with E-state index in [1.807, 2.05) is 36.4 Å². The summed E-state index contributed by atoms with van der Waals surface area (Å²) in [5.74, 6) is 0.290. The molecule has 2 aromatic carbocycles. The number of carbonyl (C=O) groups is 1. The van der Waals surface area contributed by atoms with Crippen LogP contribution in [0.5, 0.6) is 5.75 Å². The first-order chi connectivity index (χ1) is 14.1. The molecule has 0 atom stereocenters. The molecule has 1 aromatic heterocycles. The summed E-state index contributed by atoms with van der Waals surface area (Å²) in [6.45, 7) is 7.52. The van der Waals surface area contributed by atoms with Crippen LogP contribution in [0.25, 0.3) is 10.2 Å². The Kier molecular flexibility index (Phi) is 7.55. The number of nitrogens with zero attached hydrogens (tertiary/aromatic N) is 3. The van der Waals surface area contributed by atoms with Gasteiger partial charge in [0.25, 0.3) is 0 Å². The number of aromatic nitrogens is 1. The van der Waals surface area contributed by atoms with Crippen molar-refractivity contribution in [3.05, 3.63) is 54.3 Å². The zero-order valence-electron chi connectivity index (χ0n) is 16.8. The number of ether oxygens (including phenoxy) is 1. The summed E-state index contributed by atoms with van der Waals surface area (Å²) < 4.78 is 20.5. The first kappa shape index (κ1) is 21.2. The van der Waals surface area contributed by atoms with Crippen LogP contribution in [0.4, 0.5) is 9.52 Å². The van der Waals surface area contributed by atoms with Crippen molar-refractivity contribution >= 4 is 32.6 Å². The summed E-state index contributed by atoms with van der Waals surface area (Å²) in [6, 6.07) is 14.3. The van der Waals surface area contributed by atoms with Gasteiger partial charge < -0.3 is 9.64 Å². The molecule has 0 aliphatic heterocycles. The lowest BCUT2D eigenvalue weighted by Gasteiger charge is -2.24. The molecule has 3 rings (SSSR count). The summed E-state index contributed by atoms with van der Waals surface area (Å²) in [6.07, 6.45) is 0.228. The lowest BCUT2D eigenvalue weighted by molar-refractivity contribution is -0.119. The van der Waals surface area contributed by atoms with Crippen molar-refractivity contribution < 1.29 is 13.9 Å². The van der Waals surface area contributed by atoms with Crippen molar-refractivity contribution in [2.75, 3.05) is 37.7 Å². The normalized spacial score (nSPS) is 11.2. The number of para-hydroxylation sites is 2. The third-order valence-corrected chi connectivity index (χ3v) is 5.80. The number of likely N-dealkylation sites (N-methyl/N-ethyl adjacent to an activating group) is 1. The number of fused-ring (bicyclic) bond motifs is 1. The van der Waals surface area contributed by atoms with Gasteiger partial charge in [-0.25, -0.2) is 9.37 Å². The average Bonchev–Trinajstić information content (AvgIpc) is 3.17. The lowest BCUT2D eigenvalue weighted by atomic mass is 10.3. The fourth-order valence-corrected chi connectivity index (χ4v) is 4.06.